The van der Waals surface area contributed by atoms with E-state index in [4.69, 9.17) is 10.5 Å². The third-order valence-electron chi connectivity index (χ3n) is 3.52. The standard InChI is InChI=1S/C16H28N2O/c1-4-6-10-18(14(3)5-2)11-12-19-16-9-7-8-15(17)13-16/h7-9,13-14H,4-6,10-12,17H2,1-3H3. The minimum atomic E-state index is 0.621. The van der Waals surface area contributed by atoms with Crippen LogP contribution in [0.25, 0.3) is 0 Å². The molecule has 1 unspecified atom stereocenters. The van der Waals surface area contributed by atoms with Gasteiger partial charge in [-0.3, -0.25) is 4.90 Å². The second-order valence-corrected chi connectivity index (χ2v) is 5.07. The Bertz CT molecular complexity index is 354. The van der Waals surface area contributed by atoms with E-state index >= 15 is 0 Å². The smallest absolute Gasteiger partial charge is 0.121 e. The van der Waals surface area contributed by atoms with Gasteiger partial charge >= 0.3 is 0 Å². The molecule has 0 aromatic heterocycles. The maximum Gasteiger partial charge on any atom is 0.121 e. The molecule has 108 valence electrons. The van der Waals surface area contributed by atoms with Crippen molar-refractivity contribution in [2.45, 2.75) is 46.1 Å². The largest absolute Gasteiger partial charge is 0.492 e. The Morgan fingerprint density at radius 2 is 2.05 bits per heavy atom. The van der Waals surface area contributed by atoms with Crippen molar-refractivity contribution >= 4 is 5.69 Å². The molecule has 0 aliphatic heterocycles. The summed E-state index contributed by atoms with van der Waals surface area (Å²) in [4.78, 5) is 2.51. The van der Waals surface area contributed by atoms with E-state index in [1.807, 2.05) is 24.3 Å². The first-order valence-corrected chi connectivity index (χ1v) is 7.39. The molecule has 0 radical (unpaired) electrons. The molecule has 0 fully saturated rings. The van der Waals surface area contributed by atoms with Gasteiger partial charge in [0.05, 0.1) is 0 Å². The summed E-state index contributed by atoms with van der Waals surface area (Å²) in [5.74, 6) is 0.861. The van der Waals surface area contributed by atoms with Gasteiger partial charge in [-0.15, -0.1) is 0 Å². The van der Waals surface area contributed by atoms with Crippen molar-refractivity contribution in [3.8, 4) is 5.75 Å². The number of nitrogens with two attached hydrogens (primary N) is 1. The van der Waals surface area contributed by atoms with Crippen LogP contribution in [0, 0.1) is 0 Å². The lowest BCUT2D eigenvalue weighted by Gasteiger charge is -2.28. The first-order chi connectivity index (χ1) is 9.17. The van der Waals surface area contributed by atoms with Crippen LogP contribution in [0.4, 0.5) is 5.69 Å². The number of nitrogen functional groups attached to an aromatic ring is 1. The van der Waals surface area contributed by atoms with E-state index in [0.29, 0.717) is 6.04 Å². The number of unbranched alkanes of at least 4 members (excludes halogenated alkanes) is 1. The number of anilines is 1. The lowest BCUT2D eigenvalue weighted by molar-refractivity contribution is 0.162. The second kappa shape index (κ2) is 8.81. The molecule has 0 aliphatic carbocycles. The molecule has 3 nitrogen and oxygen atoms in total. The minimum absolute atomic E-state index is 0.621. The van der Waals surface area contributed by atoms with Crippen molar-refractivity contribution in [2.75, 3.05) is 25.4 Å². The second-order valence-electron chi connectivity index (χ2n) is 5.07. The minimum Gasteiger partial charge on any atom is -0.492 e. The fourth-order valence-corrected chi connectivity index (χ4v) is 2.06. The number of rotatable bonds is 9. The van der Waals surface area contributed by atoms with E-state index < -0.39 is 0 Å². The number of hydrogen-bond acceptors (Lipinski definition) is 3. The first-order valence-electron chi connectivity index (χ1n) is 7.39. The van der Waals surface area contributed by atoms with Gasteiger partial charge < -0.3 is 10.5 Å². The van der Waals surface area contributed by atoms with Gasteiger partial charge in [0.15, 0.2) is 0 Å². The fourth-order valence-electron chi connectivity index (χ4n) is 2.06. The summed E-state index contributed by atoms with van der Waals surface area (Å²) in [6, 6.07) is 8.25. The maximum absolute atomic E-state index is 5.77. The lowest BCUT2D eigenvalue weighted by Crippen LogP contribution is -2.36. The molecular formula is C16H28N2O. The Balaban J connectivity index is 2.38. The Hall–Kier alpha value is -1.22. The third kappa shape index (κ3) is 5.97. The van der Waals surface area contributed by atoms with E-state index in [2.05, 4.69) is 25.7 Å². The van der Waals surface area contributed by atoms with Crippen LogP contribution in [0.1, 0.15) is 40.0 Å². The Labute approximate surface area is 117 Å². The molecule has 0 saturated heterocycles. The highest BCUT2D eigenvalue weighted by Gasteiger charge is 2.11. The SMILES string of the molecule is CCCCN(CCOc1cccc(N)c1)C(C)CC. The van der Waals surface area contributed by atoms with Gasteiger partial charge in [0.1, 0.15) is 12.4 Å². The average Bonchev–Trinajstić information content (AvgIpc) is 2.42. The molecule has 1 aromatic carbocycles. The highest BCUT2D eigenvalue weighted by atomic mass is 16.5. The molecule has 0 amide bonds. The van der Waals surface area contributed by atoms with E-state index in [9.17, 15) is 0 Å². The van der Waals surface area contributed by atoms with Crippen molar-refractivity contribution in [2.24, 2.45) is 0 Å². The highest BCUT2D eigenvalue weighted by molar-refractivity contribution is 5.43. The molecule has 0 bridgehead atoms. The van der Waals surface area contributed by atoms with Crippen molar-refractivity contribution in [1.82, 2.24) is 4.90 Å². The lowest BCUT2D eigenvalue weighted by atomic mass is 10.2. The Morgan fingerprint density at radius 1 is 1.26 bits per heavy atom. The quantitative estimate of drug-likeness (QED) is 0.693. The predicted molar refractivity (Wildman–Crippen MR) is 82.6 cm³/mol. The van der Waals surface area contributed by atoms with Crippen LogP contribution in [0.5, 0.6) is 5.75 Å². The molecule has 0 spiro atoms. The van der Waals surface area contributed by atoms with Gasteiger partial charge in [-0.25, -0.2) is 0 Å². The van der Waals surface area contributed by atoms with Crippen LogP contribution in [0.3, 0.4) is 0 Å². The molecular weight excluding hydrogens is 236 g/mol. The predicted octanol–water partition coefficient (Wildman–Crippen LogP) is 3.55. The van der Waals surface area contributed by atoms with Crippen LogP contribution < -0.4 is 10.5 Å². The van der Waals surface area contributed by atoms with E-state index in [-0.39, 0.29) is 0 Å². The van der Waals surface area contributed by atoms with Crippen LogP contribution in [0.2, 0.25) is 0 Å². The molecule has 0 aliphatic rings. The van der Waals surface area contributed by atoms with Gasteiger partial charge in [-0.05, 0) is 38.4 Å². The molecule has 1 aromatic rings. The average molecular weight is 264 g/mol. The van der Waals surface area contributed by atoms with Crippen LogP contribution in [-0.4, -0.2) is 30.6 Å². The van der Waals surface area contributed by atoms with Crippen molar-refractivity contribution in [3.05, 3.63) is 24.3 Å². The third-order valence-corrected chi connectivity index (χ3v) is 3.52. The molecule has 2 N–H and O–H groups in total. The summed E-state index contributed by atoms with van der Waals surface area (Å²) in [6.45, 7) is 9.61. The molecule has 1 atom stereocenters. The van der Waals surface area contributed by atoms with Crippen molar-refractivity contribution < 1.29 is 4.74 Å². The van der Waals surface area contributed by atoms with Gasteiger partial charge in [0, 0.05) is 24.3 Å². The summed E-state index contributed by atoms with van der Waals surface area (Å²) in [7, 11) is 0. The summed E-state index contributed by atoms with van der Waals surface area (Å²) in [5.41, 5.74) is 6.49. The number of nitrogens with zero attached hydrogens (tertiary/aromatic N) is 1. The van der Waals surface area contributed by atoms with Gasteiger partial charge in [-0.1, -0.05) is 26.3 Å². The molecule has 3 heteroatoms. The van der Waals surface area contributed by atoms with Gasteiger partial charge in [-0.2, -0.15) is 0 Å². The topological polar surface area (TPSA) is 38.5 Å². The summed E-state index contributed by atoms with van der Waals surface area (Å²) >= 11 is 0. The van der Waals surface area contributed by atoms with Crippen molar-refractivity contribution in [1.29, 1.82) is 0 Å². The zero-order chi connectivity index (χ0) is 14.1. The maximum atomic E-state index is 5.77. The van der Waals surface area contributed by atoms with Crippen LogP contribution in [0.15, 0.2) is 24.3 Å². The monoisotopic (exact) mass is 264 g/mol. The molecule has 0 heterocycles. The molecule has 0 saturated carbocycles. The summed E-state index contributed by atoms with van der Waals surface area (Å²) < 4.78 is 5.77. The number of ether oxygens (including phenoxy) is 1. The zero-order valence-electron chi connectivity index (χ0n) is 12.6. The zero-order valence-corrected chi connectivity index (χ0v) is 12.6. The number of benzene rings is 1. The van der Waals surface area contributed by atoms with E-state index in [1.165, 1.54) is 19.3 Å². The van der Waals surface area contributed by atoms with E-state index in [0.717, 1.165) is 31.1 Å². The Kier molecular flexibility index (Phi) is 7.34. The Morgan fingerprint density at radius 3 is 2.68 bits per heavy atom. The first kappa shape index (κ1) is 15.8. The van der Waals surface area contributed by atoms with Crippen molar-refractivity contribution in [3.63, 3.8) is 0 Å². The van der Waals surface area contributed by atoms with E-state index in [1.54, 1.807) is 0 Å². The van der Waals surface area contributed by atoms with Crippen LogP contribution >= 0.6 is 0 Å². The molecule has 1 rings (SSSR count). The summed E-state index contributed by atoms with van der Waals surface area (Å²) in [6.07, 6.45) is 3.67. The number of hydrogen-bond donors (Lipinski definition) is 1. The van der Waals surface area contributed by atoms with Gasteiger partial charge in [0.2, 0.25) is 0 Å². The fraction of sp³-hybridized carbons (Fsp3) is 0.625. The molecule has 19 heavy (non-hydrogen) atoms. The van der Waals surface area contributed by atoms with Gasteiger partial charge in [0.25, 0.3) is 0 Å². The normalized spacial score (nSPS) is 12.6. The summed E-state index contributed by atoms with van der Waals surface area (Å²) in [5, 5.41) is 0. The van der Waals surface area contributed by atoms with Crippen LogP contribution in [-0.2, 0) is 0 Å². The highest BCUT2D eigenvalue weighted by Crippen LogP contribution is 2.14.